The molecule has 0 aromatic heterocycles. The van der Waals surface area contributed by atoms with Crippen LogP contribution in [-0.2, 0) is 39.3 Å². The summed E-state index contributed by atoms with van der Waals surface area (Å²) in [5.74, 6) is 7.08. The summed E-state index contributed by atoms with van der Waals surface area (Å²) in [5, 5.41) is 0. The monoisotopic (exact) mass is 945 g/mol. The molecule has 0 radical (unpaired) electrons. The van der Waals surface area contributed by atoms with E-state index in [1.807, 2.05) is 24.3 Å². The summed E-state index contributed by atoms with van der Waals surface area (Å²) in [6, 6.07) is 33.6. The molecular weight excluding hydrogens is 869 g/mol. The van der Waals surface area contributed by atoms with Gasteiger partial charge in [0.15, 0.2) is 0 Å². The standard InChI is InChI=1S/C40H46O6.C10H16O2.C9H14O2/c1-28(22-41-33-14-6-29(7-15-33)39(2,3)31-10-18-35(19-11-31)43-24-37-26-45-37)23-42-34-16-8-30(9-17-34)40(4,5)32-12-20-36(21-13-32)44-25-38-27-46-38;1-7(11)12-6-8-2-3-9-5-10(9)4-8;1-5-9(10-5)6-2-3-7-8(4-6)11-7/h6-21,28,37-38H,22-27H2,1-5H3;8-10H,2-6H2,1H3;5-9H,2-4H2,1H3. The van der Waals surface area contributed by atoms with Gasteiger partial charge in [-0.3, -0.25) is 4.79 Å². The van der Waals surface area contributed by atoms with Crippen molar-refractivity contribution in [2.45, 2.75) is 141 Å². The van der Waals surface area contributed by atoms with Crippen LogP contribution in [0.4, 0.5) is 0 Å². The molecule has 372 valence electrons. The predicted molar refractivity (Wildman–Crippen MR) is 267 cm³/mol. The van der Waals surface area contributed by atoms with Gasteiger partial charge in [0.25, 0.3) is 0 Å². The highest BCUT2D eigenvalue weighted by Gasteiger charge is 2.51. The highest BCUT2D eigenvalue weighted by Crippen LogP contribution is 2.51. The van der Waals surface area contributed by atoms with E-state index in [2.05, 4.69) is 114 Å². The van der Waals surface area contributed by atoms with Gasteiger partial charge in [0.05, 0.1) is 57.5 Å². The van der Waals surface area contributed by atoms with Crippen LogP contribution < -0.4 is 18.9 Å². The third-order valence-corrected chi connectivity index (χ3v) is 15.5. The Hall–Kier alpha value is -4.61. The van der Waals surface area contributed by atoms with Crippen LogP contribution in [-0.4, -0.2) is 88.8 Å². The lowest BCUT2D eigenvalue weighted by Crippen LogP contribution is -2.19. The maximum absolute atomic E-state index is 10.6. The molecule has 7 fully saturated rings. The third-order valence-electron chi connectivity index (χ3n) is 15.5. The Morgan fingerprint density at radius 2 is 0.986 bits per heavy atom. The molecule has 3 saturated carbocycles. The van der Waals surface area contributed by atoms with Crippen molar-refractivity contribution in [3.63, 3.8) is 0 Å². The molecule has 4 saturated heterocycles. The Kier molecular flexibility index (Phi) is 15.6. The zero-order valence-electron chi connectivity index (χ0n) is 42.1. The van der Waals surface area contributed by atoms with E-state index in [4.69, 9.17) is 42.6 Å². The Balaban J connectivity index is 0.000000206. The molecule has 69 heavy (non-hydrogen) atoms. The van der Waals surface area contributed by atoms with E-state index in [9.17, 15) is 4.79 Å². The number of carbonyl (C=O) groups excluding carboxylic acids is 1. The molecule has 0 amide bonds. The smallest absolute Gasteiger partial charge is 0.302 e. The number of epoxide rings is 4. The average Bonchev–Trinajstić information content (AvgIpc) is 4.11. The van der Waals surface area contributed by atoms with Gasteiger partial charge in [-0.1, -0.05) is 83.1 Å². The summed E-state index contributed by atoms with van der Waals surface area (Å²) in [7, 11) is 0. The number of rotatable bonds is 19. The maximum Gasteiger partial charge on any atom is 0.302 e. The highest BCUT2D eigenvalue weighted by molar-refractivity contribution is 5.65. The number of ether oxygens (including phenoxy) is 9. The summed E-state index contributed by atoms with van der Waals surface area (Å²) in [6.07, 6.45) is 12.2. The van der Waals surface area contributed by atoms with Crippen molar-refractivity contribution in [2.75, 3.05) is 46.2 Å². The maximum atomic E-state index is 10.6. The number of carbonyl (C=O) groups is 1. The van der Waals surface area contributed by atoms with Gasteiger partial charge in [0.1, 0.15) is 48.4 Å². The van der Waals surface area contributed by atoms with E-state index >= 15 is 0 Å². The van der Waals surface area contributed by atoms with Gasteiger partial charge < -0.3 is 42.6 Å². The van der Waals surface area contributed by atoms with Gasteiger partial charge in [-0.05, 0) is 146 Å². The zero-order valence-corrected chi connectivity index (χ0v) is 42.1. The minimum absolute atomic E-state index is 0.132. The van der Waals surface area contributed by atoms with Crippen LogP contribution in [0.2, 0.25) is 0 Å². The van der Waals surface area contributed by atoms with Crippen molar-refractivity contribution in [1.82, 2.24) is 0 Å². The fourth-order valence-electron chi connectivity index (χ4n) is 10.2. The summed E-state index contributed by atoms with van der Waals surface area (Å²) < 4.78 is 50.2. The second-order valence-corrected chi connectivity index (χ2v) is 21.9. The van der Waals surface area contributed by atoms with E-state index in [1.54, 1.807) is 0 Å². The Bertz CT molecular complexity index is 2130. The van der Waals surface area contributed by atoms with E-state index in [0.717, 1.165) is 54.0 Å². The summed E-state index contributed by atoms with van der Waals surface area (Å²) in [4.78, 5) is 10.6. The molecule has 4 aromatic rings. The van der Waals surface area contributed by atoms with E-state index in [-0.39, 0.29) is 34.9 Å². The van der Waals surface area contributed by atoms with Crippen molar-refractivity contribution < 1.29 is 47.4 Å². The van der Waals surface area contributed by atoms with Crippen LogP contribution >= 0.6 is 0 Å². The summed E-state index contributed by atoms with van der Waals surface area (Å²) in [6.45, 7) is 19.4. The van der Waals surface area contributed by atoms with Crippen molar-refractivity contribution in [1.29, 1.82) is 0 Å². The van der Waals surface area contributed by atoms with Crippen LogP contribution in [0.15, 0.2) is 97.1 Å². The minimum Gasteiger partial charge on any atom is -0.493 e. The summed E-state index contributed by atoms with van der Waals surface area (Å²) in [5.41, 5.74) is 4.64. The molecule has 10 atom stereocenters. The van der Waals surface area contributed by atoms with Crippen molar-refractivity contribution in [3.8, 4) is 23.0 Å². The summed E-state index contributed by atoms with van der Waals surface area (Å²) >= 11 is 0. The normalized spacial score (nSPS) is 28.3. The predicted octanol–water partition coefficient (Wildman–Crippen LogP) is 11.3. The zero-order chi connectivity index (χ0) is 48.1. The quantitative estimate of drug-likeness (QED) is 0.0665. The first-order valence-corrected chi connectivity index (χ1v) is 25.9. The highest BCUT2D eigenvalue weighted by atomic mass is 16.6. The van der Waals surface area contributed by atoms with E-state index in [0.29, 0.717) is 63.4 Å². The number of hydrogen-bond acceptors (Lipinski definition) is 10. The molecule has 0 bridgehead atoms. The number of hydrogen-bond donors (Lipinski definition) is 0. The Labute approximate surface area is 411 Å². The van der Waals surface area contributed by atoms with Gasteiger partial charge >= 0.3 is 5.97 Å². The second-order valence-electron chi connectivity index (χ2n) is 21.9. The molecule has 0 spiro atoms. The molecule has 10 nitrogen and oxygen atoms in total. The van der Waals surface area contributed by atoms with Crippen LogP contribution in [0, 0.1) is 29.6 Å². The number of benzene rings is 4. The molecule has 0 N–H and O–H groups in total. The molecule has 10 heteroatoms. The molecule has 3 aliphatic carbocycles. The lowest BCUT2D eigenvalue weighted by atomic mass is 9.78. The topological polar surface area (TPSA) is 113 Å². The lowest BCUT2D eigenvalue weighted by Gasteiger charge is -2.27. The average molecular weight is 945 g/mol. The van der Waals surface area contributed by atoms with Gasteiger partial charge in [0, 0.05) is 23.7 Å². The van der Waals surface area contributed by atoms with E-state index in [1.165, 1.54) is 74.1 Å². The first-order chi connectivity index (χ1) is 33.3. The van der Waals surface area contributed by atoms with Gasteiger partial charge in [-0.25, -0.2) is 0 Å². The number of fused-ring (bicyclic) bond motifs is 2. The largest absolute Gasteiger partial charge is 0.493 e. The Morgan fingerprint density at radius 1 is 0.551 bits per heavy atom. The van der Waals surface area contributed by atoms with Gasteiger partial charge in [-0.2, -0.15) is 0 Å². The van der Waals surface area contributed by atoms with E-state index < -0.39 is 0 Å². The molecule has 4 aliphatic heterocycles. The van der Waals surface area contributed by atoms with Crippen LogP contribution in [0.5, 0.6) is 23.0 Å². The minimum atomic E-state index is -0.145. The second kappa shape index (κ2) is 21.8. The molecule has 10 unspecified atom stereocenters. The fraction of sp³-hybridized carbons (Fsp3) is 0.576. The van der Waals surface area contributed by atoms with Gasteiger partial charge in [-0.15, -0.1) is 0 Å². The lowest BCUT2D eigenvalue weighted by molar-refractivity contribution is -0.142. The molecular formula is C59H76O10. The Morgan fingerprint density at radius 3 is 1.38 bits per heavy atom. The van der Waals surface area contributed by atoms with Crippen molar-refractivity contribution >= 4 is 5.97 Å². The fourth-order valence-corrected chi connectivity index (χ4v) is 10.2. The number of esters is 1. The molecule has 4 aromatic carbocycles. The van der Waals surface area contributed by atoms with Crippen molar-refractivity contribution in [3.05, 3.63) is 119 Å². The SMILES string of the molecule is CC(=O)OCC1CCC2CC2C1.CC(COc1ccc(C(C)(C)c2ccc(OCC3CO3)cc2)cc1)COc1ccc(C(C)(C)c2ccc(OCC3CO3)cc2)cc1.CC1OC1C1CCC2OC2C1. The van der Waals surface area contributed by atoms with Crippen LogP contribution in [0.1, 0.15) is 116 Å². The van der Waals surface area contributed by atoms with Gasteiger partial charge in [0.2, 0.25) is 0 Å². The third kappa shape index (κ3) is 14.1. The van der Waals surface area contributed by atoms with Crippen molar-refractivity contribution in [2.24, 2.45) is 29.6 Å². The first-order valence-electron chi connectivity index (χ1n) is 25.9. The van der Waals surface area contributed by atoms with Crippen LogP contribution in [0.25, 0.3) is 0 Å². The van der Waals surface area contributed by atoms with Crippen LogP contribution in [0.3, 0.4) is 0 Å². The molecule has 4 heterocycles. The molecule has 7 aliphatic rings. The first kappa shape index (κ1) is 49.4. The molecule has 11 rings (SSSR count).